The van der Waals surface area contributed by atoms with Gasteiger partial charge in [-0.1, -0.05) is 24.3 Å². The van der Waals surface area contributed by atoms with Crippen LogP contribution in [0.3, 0.4) is 0 Å². The number of ether oxygens (including phenoxy) is 1. The summed E-state index contributed by atoms with van der Waals surface area (Å²) in [5.41, 5.74) is 2.92. The molecule has 73 valence electrons. The third-order valence-electron chi connectivity index (χ3n) is 3.52. The van der Waals surface area contributed by atoms with Crippen molar-refractivity contribution >= 4 is 0 Å². The van der Waals surface area contributed by atoms with Crippen molar-refractivity contribution < 1.29 is 4.74 Å². The van der Waals surface area contributed by atoms with Crippen molar-refractivity contribution in [2.75, 3.05) is 0 Å². The van der Waals surface area contributed by atoms with E-state index in [9.17, 15) is 0 Å². The highest BCUT2D eigenvalue weighted by atomic mass is 16.5. The lowest BCUT2D eigenvalue weighted by atomic mass is 9.79. The third-order valence-corrected chi connectivity index (χ3v) is 3.52. The molecule has 1 heterocycles. The van der Waals surface area contributed by atoms with E-state index in [1.165, 1.54) is 36.8 Å². The lowest BCUT2D eigenvalue weighted by molar-refractivity contribution is -0.0577. The summed E-state index contributed by atoms with van der Waals surface area (Å²) in [6.07, 6.45) is 7.13. The van der Waals surface area contributed by atoms with Crippen LogP contribution in [0.2, 0.25) is 0 Å². The van der Waals surface area contributed by atoms with Gasteiger partial charge in [-0.25, -0.2) is 0 Å². The summed E-state index contributed by atoms with van der Waals surface area (Å²) in [5, 5.41) is 0. The van der Waals surface area contributed by atoms with E-state index < -0.39 is 0 Å². The molecule has 2 aliphatic rings. The Hall–Kier alpha value is -0.820. The van der Waals surface area contributed by atoms with Gasteiger partial charge in [0.2, 0.25) is 0 Å². The van der Waals surface area contributed by atoms with Gasteiger partial charge in [0.15, 0.2) is 0 Å². The average molecular weight is 187 g/mol. The fraction of sp³-hybridized carbons (Fsp3) is 0.462. The van der Waals surface area contributed by atoms with Gasteiger partial charge in [-0.3, -0.25) is 0 Å². The van der Waals surface area contributed by atoms with Crippen molar-refractivity contribution in [1.82, 2.24) is 0 Å². The zero-order chi connectivity index (χ0) is 9.43. The summed E-state index contributed by atoms with van der Waals surface area (Å²) in [7, 11) is 0. The van der Waals surface area contributed by atoms with Crippen LogP contribution >= 0.6 is 0 Å². The second-order valence-corrected chi connectivity index (χ2v) is 4.31. The van der Waals surface area contributed by atoms with Crippen molar-refractivity contribution in [3.05, 3.63) is 41.8 Å². The zero-order valence-corrected chi connectivity index (χ0v) is 8.33. The van der Waals surface area contributed by atoms with Crippen molar-refractivity contribution in [3.8, 4) is 0 Å². The maximum absolute atomic E-state index is 6.03. The molecule has 1 aromatic carbocycles. The van der Waals surface area contributed by atoms with Crippen molar-refractivity contribution in [2.45, 2.75) is 37.9 Å². The Balaban J connectivity index is 2.03. The monoisotopic (exact) mass is 187 g/mol. The topological polar surface area (TPSA) is 9.23 Å². The Kier molecular flexibility index (Phi) is 1.88. The summed E-state index contributed by atoms with van der Waals surface area (Å²) >= 11 is 0. The van der Waals surface area contributed by atoms with Crippen LogP contribution in [0.25, 0.3) is 0 Å². The fourth-order valence-electron chi connectivity index (χ4n) is 2.74. The molecule has 3 rings (SSSR count). The van der Waals surface area contributed by atoms with Crippen molar-refractivity contribution in [1.29, 1.82) is 0 Å². The van der Waals surface area contributed by atoms with Crippen LogP contribution in [0.15, 0.2) is 24.3 Å². The minimum absolute atomic E-state index is 0.0747. The molecule has 0 amide bonds. The molecule has 1 aliphatic heterocycles. The van der Waals surface area contributed by atoms with Gasteiger partial charge in [0.05, 0.1) is 12.2 Å². The van der Waals surface area contributed by atoms with Gasteiger partial charge >= 0.3 is 0 Å². The normalized spacial score (nSPS) is 23.7. The molecule has 0 saturated heterocycles. The third kappa shape index (κ3) is 1.12. The molecule has 1 nitrogen and oxygen atoms in total. The highest BCUT2D eigenvalue weighted by Gasteiger charge is 2.40. The minimum atomic E-state index is 0.0747. The number of hydrogen-bond donors (Lipinski definition) is 0. The Morgan fingerprint density at radius 3 is 2.71 bits per heavy atom. The lowest BCUT2D eigenvalue weighted by Crippen LogP contribution is -2.28. The molecule has 1 radical (unpaired) electrons. The smallest absolute Gasteiger partial charge is 0.0939 e. The molecule has 1 saturated carbocycles. The SMILES string of the molecule is [CH]1CCC2(CC1)OCc1ccccc12. The minimum Gasteiger partial charge on any atom is -0.366 e. The Bertz CT molecular complexity index is 331. The van der Waals surface area contributed by atoms with Crippen LogP contribution in [0, 0.1) is 6.42 Å². The molecule has 1 aliphatic carbocycles. The molecule has 1 spiro atoms. The number of hydrogen-bond acceptors (Lipinski definition) is 1. The molecule has 0 unspecified atom stereocenters. The average Bonchev–Trinajstić information content (AvgIpc) is 2.60. The van der Waals surface area contributed by atoms with Gasteiger partial charge in [0.1, 0.15) is 0 Å². The van der Waals surface area contributed by atoms with E-state index in [1.807, 2.05) is 0 Å². The molecule has 0 N–H and O–H groups in total. The molecule has 0 bridgehead atoms. The van der Waals surface area contributed by atoms with Gasteiger partial charge < -0.3 is 4.74 Å². The molecular weight excluding hydrogens is 172 g/mol. The van der Waals surface area contributed by atoms with E-state index >= 15 is 0 Å². The molecule has 0 atom stereocenters. The quantitative estimate of drug-likeness (QED) is 0.606. The lowest BCUT2D eigenvalue weighted by Gasteiger charge is -2.33. The van der Waals surface area contributed by atoms with Gasteiger partial charge in [-0.15, -0.1) is 0 Å². The highest BCUT2D eigenvalue weighted by Crippen LogP contribution is 2.46. The van der Waals surface area contributed by atoms with E-state index in [0.717, 1.165) is 6.61 Å². The molecule has 1 aromatic rings. The Labute approximate surface area is 85.1 Å². The fourth-order valence-corrected chi connectivity index (χ4v) is 2.74. The summed E-state index contributed by atoms with van der Waals surface area (Å²) in [6.45, 7) is 0.816. The Morgan fingerprint density at radius 1 is 1.07 bits per heavy atom. The van der Waals surface area contributed by atoms with E-state index in [-0.39, 0.29) is 5.60 Å². The largest absolute Gasteiger partial charge is 0.366 e. The van der Waals surface area contributed by atoms with Crippen molar-refractivity contribution in [2.24, 2.45) is 0 Å². The van der Waals surface area contributed by atoms with Gasteiger partial charge in [0.25, 0.3) is 0 Å². The van der Waals surface area contributed by atoms with Crippen LogP contribution in [0.5, 0.6) is 0 Å². The first-order valence-corrected chi connectivity index (χ1v) is 5.45. The van der Waals surface area contributed by atoms with Crippen LogP contribution in [0.4, 0.5) is 0 Å². The van der Waals surface area contributed by atoms with Crippen molar-refractivity contribution in [3.63, 3.8) is 0 Å². The van der Waals surface area contributed by atoms with Gasteiger partial charge in [-0.2, -0.15) is 0 Å². The maximum Gasteiger partial charge on any atom is 0.0939 e. The second-order valence-electron chi connectivity index (χ2n) is 4.31. The van der Waals surface area contributed by atoms with E-state index in [1.54, 1.807) is 0 Å². The van der Waals surface area contributed by atoms with Crippen LogP contribution < -0.4 is 0 Å². The predicted molar refractivity (Wildman–Crippen MR) is 55.7 cm³/mol. The first kappa shape index (κ1) is 8.49. The van der Waals surface area contributed by atoms with Crippen LogP contribution in [-0.4, -0.2) is 0 Å². The predicted octanol–water partition coefficient (Wildman–Crippen LogP) is 3.19. The summed E-state index contributed by atoms with van der Waals surface area (Å²) in [4.78, 5) is 0. The first-order chi connectivity index (χ1) is 6.91. The van der Waals surface area contributed by atoms with E-state index in [4.69, 9.17) is 4.74 Å². The van der Waals surface area contributed by atoms with Gasteiger partial charge in [0, 0.05) is 0 Å². The maximum atomic E-state index is 6.03. The Morgan fingerprint density at radius 2 is 1.86 bits per heavy atom. The number of fused-ring (bicyclic) bond motifs is 2. The molecule has 1 heteroatoms. The standard InChI is InChI=1S/C13H15O/c1-4-8-13(9-5-1)12-7-3-2-6-11(12)10-14-13/h1-3,6-7H,4-5,8-10H2. The highest BCUT2D eigenvalue weighted by molar-refractivity contribution is 5.35. The number of benzene rings is 1. The van der Waals surface area contributed by atoms with Crippen LogP contribution in [-0.2, 0) is 16.9 Å². The summed E-state index contributed by atoms with van der Waals surface area (Å²) in [5.74, 6) is 0. The molecular formula is C13H15O. The van der Waals surface area contributed by atoms with Gasteiger partial charge in [-0.05, 0) is 43.2 Å². The summed E-state index contributed by atoms with van der Waals surface area (Å²) < 4.78 is 6.03. The summed E-state index contributed by atoms with van der Waals surface area (Å²) in [6, 6.07) is 8.68. The molecule has 14 heavy (non-hydrogen) atoms. The molecule has 0 aromatic heterocycles. The van der Waals surface area contributed by atoms with E-state index in [0.29, 0.717) is 0 Å². The first-order valence-electron chi connectivity index (χ1n) is 5.45. The second kappa shape index (κ2) is 3.09. The molecule has 1 fully saturated rings. The van der Waals surface area contributed by atoms with Crippen LogP contribution in [0.1, 0.15) is 36.8 Å². The van der Waals surface area contributed by atoms with E-state index in [2.05, 4.69) is 30.7 Å². The zero-order valence-electron chi connectivity index (χ0n) is 8.33. The number of rotatable bonds is 0.